The predicted octanol–water partition coefficient (Wildman–Crippen LogP) is 0.237. The van der Waals surface area contributed by atoms with Crippen LogP contribution in [0.2, 0.25) is 0 Å². The van der Waals surface area contributed by atoms with E-state index in [9.17, 15) is 4.79 Å². The van der Waals surface area contributed by atoms with Crippen molar-refractivity contribution < 1.29 is 4.79 Å². The van der Waals surface area contributed by atoms with Crippen LogP contribution < -0.4 is 10.5 Å². The maximum absolute atomic E-state index is 11.6. The highest BCUT2D eigenvalue weighted by molar-refractivity contribution is 7.99. The number of amides is 1. The minimum Gasteiger partial charge on any atom is -0.351 e. The van der Waals surface area contributed by atoms with Crippen molar-refractivity contribution in [3.63, 3.8) is 0 Å². The molecule has 0 bridgehead atoms. The molecule has 1 heterocycles. The fourth-order valence-corrected chi connectivity index (χ4v) is 2.49. The van der Waals surface area contributed by atoms with Crippen LogP contribution in [0.1, 0.15) is 0 Å². The Morgan fingerprint density at radius 1 is 1.50 bits per heavy atom. The van der Waals surface area contributed by atoms with Gasteiger partial charge in [0.05, 0.1) is 11.7 Å². The first kappa shape index (κ1) is 9.61. The quantitative estimate of drug-likeness (QED) is 0.646. The van der Waals surface area contributed by atoms with Crippen LogP contribution in [0, 0.1) is 0 Å². The van der Waals surface area contributed by atoms with Crippen molar-refractivity contribution in [3.05, 3.63) is 24.3 Å². The third-order valence-electron chi connectivity index (χ3n) is 2.22. The van der Waals surface area contributed by atoms with Gasteiger partial charge in [0.25, 0.3) is 0 Å². The van der Waals surface area contributed by atoms with Crippen molar-refractivity contribution in [1.29, 1.82) is 0 Å². The van der Waals surface area contributed by atoms with Crippen LogP contribution in [0.5, 0.6) is 0 Å². The summed E-state index contributed by atoms with van der Waals surface area (Å²) in [5, 5.41) is 5.90. The van der Waals surface area contributed by atoms with Crippen molar-refractivity contribution in [2.75, 3.05) is 11.1 Å². The highest BCUT2D eigenvalue weighted by Crippen LogP contribution is 2.29. The number of fused-ring (bicyclic) bond motifs is 1. The number of hydrogen-bond donors (Lipinski definition) is 2. The van der Waals surface area contributed by atoms with Gasteiger partial charge in [0.15, 0.2) is 7.98 Å². The molecule has 0 fully saturated rings. The SMILES string of the molecule is BN[C@H]1CSc2ccccc2NC1=O. The molecular weight excluding hydrogens is 195 g/mol. The Labute approximate surface area is 88.1 Å². The Balaban J connectivity index is 2.28. The van der Waals surface area contributed by atoms with Gasteiger partial charge in [0.2, 0.25) is 5.91 Å². The Hall–Kier alpha value is -0.935. The highest BCUT2D eigenvalue weighted by atomic mass is 32.2. The second-order valence-corrected chi connectivity index (χ2v) is 4.20. The first-order valence-corrected chi connectivity index (χ1v) is 5.50. The van der Waals surface area contributed by atoms with E-state index in [2.05, 4.69) is 10.5 Å². The highest BCUT2D eigenvalue weighted by Gasteiger charge is 2.21. The summed E-state index contributed by atoms with van der Waals surface area (Å²) in [6, 6.07) is 7.76. The predicted molar refractivity (Wildman–Crippen MR) is 61.3 cm³/mol. The molecule has 1 aromatic carbocycles. The maximum Gasteiger partial charge on any atom is 0.241 e. The fourth-order valence-electron chi connectivity index (χ4n) is 1.38. The van der Waals surface area contributed by atoms with Crippen molar-refractivity contribution in [3.8, 4) is 0 Å². The Kier molecular flexibility index (Phi) is 2.79. The van der Waals surface area contributed by atoms with Crippen LogP contribution >= 0.6 is 11.8 Å². The molecule has 1 aromatic rings. The number of para-hydroxylation sites is 1. The number of carbonyl (C=O) groups excluding carboxylic acids is 1. The summed E-state index contributed by atoms with van der Waals surface area (Å²) in [6.07, 6.45) is 0. The van der Waals surface area contributed by atoms with Crippen molar-refractivity contribution >= 4 is 31.3 Å². The summed E-state index contributed by atoms with van der Waals surface area (Å²) in [5.41, 5.74) is 0.917. The van der Waals surface area contributed by atoms with Crippen LogP contribution in [0.4, 0.5) is 5.69 Å². The lowest BCUT2D eigenvalue weighted by atomic mass is 10.2. The molecule has 1 atom stereocenters. The van der Waals surface area contributed by atoms with E-state index in [4.69, 9.17) is 0 Å². The van der Waals surface area contributed by atoms with E-state index in [1.54, 1.807) is 19.7 Å². The van der Waals surface area contributed by atoms with Gasteiger partial charge in [-0.05, 0) is 12.1 Å². The molecule has 14 heavy (non-hydrogen) atoms. The van der Waals surface area contributed by atoms with Crippen LogP contribution in [-0.2, 0) is 4.79 Å². The monoisotopic (exact) mass is 206 g/mol. The summed E-state index contributed by atoms with van der Waals surface area (Å²) in [6.45, 7) is 0. The van der Waals surface area contributed by atoms with Gasteiger partial charge < -0.3 is 10.5 Å². The van der Waals surface area contributed by atoms with Crippen LogP contribution in [0.25, 0.3) is 0 Å². The normalized spacial score (nSPS) is 20.9. The van der Waals surface area contributed by atoms with Gasteiger partial charge in [-0.25, -0.2) is 0 Å². The number of hydrogen-bond acceptors (Lipinski definition) is 3. The zero-order valence-electron chi connectivity index (χ0n) is 7.91. The van der Waals surface area contributed by atoms with Gasteiger partial charge in [-0.3, -0.25) is 4.79 Å². The smallest absolute Gasteiger partial charge is 0.241 e. The first-order chi connectivity index (χ1) is 6.81. The average Bonchev–Trinajstić information content (AvgIpc) is 2.36. The Morgan fingerprint density at radius 2 is 2.29 bits per heavy atom. The molecule has 2 N–H and O–H groups in total. The minimum atomic E-state index is -0.104. The van der Waals surface area contributed by atoms with Gasteiger partial charge in [0.1, 0.15) is 0 Å². The molecule has 1 amide bonds. The maximum atomic E-state index is 11.6. The number of nitrogens with one attached hydrogen (secondary N) is 2. The molecule has 0 unspecified atom stereocenters. The van der Waals surface area contributed by atoms with E-state index in [1.165, 1.54) is 0 Å². The van der Waals surface area contributed by atoms with E-state index in [0.29, 0.717) is 0 Å². The second-order valence-electron chi connectivity index (χ2n) is 3.14. The van der Waals surface area contributed by atoms with Gasteiger partial charge >= 0.3 is 0 Å². The molecule has 0 saturated heterocycles. The Morgan fingerprint density at radius 3 is 3.07 bits per heavy atom. The van der Waals surface area contributed by atoms with E-state index in [0.717, 1.165) is 16.3 Å². The molecule has 0 spiro atoms. The molecule has 5 heteroatoms. The van der Waals surface area contributed by atoms with Crippen LogP contribution in [0.3, 0.4) is 0 Å². The lowest BCUT2D eigenvalue weighted by molar-refractivity contribution is -0.117. The summed E-state index contributed by atoms with van der Waals surface area (Å²) in [4.78, 5) is 12.8. The topological polar surface area (TPSA) is 41.1 Å². The number of thioether (sulfide) groups is 1. The third kappa shape index (κ3) is 1.78. The van der Waals surface area contributed by atoms with Gasteiger partial charge in [-0.15, -0.1) is 11.8 Å². The minimum absolute atomic E-state index is 0.0463. The van der Waals surface area contributed by atoms with E-state index in [1.807, 2.05) is 24.3 Å². The number of carbonyl (C=O) groups is 1. The lowest BCUT2D eigenvalue weighted by Gasteiger charge is -2.10. The van der Waals surface area contributed by atoms with Crippen molar-refractivity contribution in [2.24, 2.45) is 0 Å². The molecular formula is C9H11BN2OS. The third-order valence-corrected chi connectivity index (χ3v) is 3.38. The van der Waals surface area contributed by atoms with Crippen molar-refractivity contribution in [1.82, 2.24) is 5.23 Å². The average molecular weight is 206 g/mol. The second kappa shape index (κ2) is 4.06. The molecule has 0 saturated carbocycles. The molecule has 0 radical (unpaired) electrons. The summed E-state index contributed by atoms with van der Waals surface area (Å²) in [5.74, 6) is 0.823. The van der Waals surface area contributed by atoms with E-state index in [-0.39, 0.29) is 11.9 Å². The van der Waals surface area contributed by atoms with Crippen molar-refractivity contribution in [2.45, 2.75) is 10.9 Å². The van der Waals surface area contributed by atoms with Gasteiger partial charge in [0, 0.05) is 10.6 Å². The number of rotatable bonds is 1. The molecule has 1 aliphatic rings. The summed E-state index contributed by atoms with van der Waals surface area (Å²) >= 11 is 1.70. The van der Waals surface area contributed by atoms with E-state index < -0.39 is 0 Å². The molecule has 2 rings (SSSR count). The zero-order chi connectivity index (χ0) is 9.97. The van der Waals surface area contributed by atoms with Gasteiger partial charge in [-0.1, -0.05) is 12.1 Å². The standard InChI is InChI=1S/C9H11BN2OS/c10-12-7-5-14-8-4-2-1-3-6(8)11-9(7)13/h1-4,7,12H,5,10H2,(H,11,13)/t7-/m0/s1. The number of benzene rings is 1. The van der Waals surface area contributed by atoms with Gasteiger partial charge in [-0.2, -0.15) is 0 Å². The van der Waals surface area contributed by atoms with Crippen LogP contribution in [0.15, 0.2) is 29.2 Å². The molecule has 0 aliphatic carbocycles. The molecule has 1 aliphatic heterocycles. The molecule has 72 valence electrons. The first-order valence-electron chi connectivity index (χ1n) is 4.51. The number of anilines is 1. The van der Waals surface area contributed by atoms with E-state index >= 15 is 0 Å². The lowest BCUT2D eigenvalue weighted by Crippen LogP contribution is -2.40. The zero-order valence-corrected chi connectivity index (χ0v) is 8.73. The summed E-state index contributed by atoms with van der Waals surface area (Å²) < 4.78 is 0. The Bertz CT molecular complexity index is 358. The summed E-state index contributed by atoms with van der Waals surface area (Å²) in [7, 11) is 1.81. The fraction of sp³-hybridized carbons (Fsp3) is 0.222. The molecule has 0 aromatic heterocycles. The molecule has 3 nitrogen and oxygen atoms in total. The van der Waals surface area contributed by atoms with Crippen LogP contribution in [-0.4, -0.2) is 25.7 Å². The largest absolute Gasteiger partial charge is 0.351 e.